The van der Waals surface area contributed by atoms with Gasteiger partial charge in [0.15, 0.2) is 11.5 Å². The maximum absolute atomic E-state index is 12.9. The second-order valence-electron chi connectivity index (χ2n) is 4.66. The van der Waals surface area contributed by atoms with E-state index in [0.717, 1.165) is 0 Å². The molecule has 0 aliphatic carbocycles. The van der Waals surface area contributed by atoms with Crippen LogP contribution in [0.5, 0.6) is 11.5 Å². The summed E-state index contributed by atoms with van der Waals surface area (Å²) in [4.78, 5) is 0.131. The van der Waals surface area contributed by atoms with Crippen molar-refractivity contribution in [1.29, 1.82) is 0 Å². The molecule has 0 saturated carbocycles. The second kappa shape index (κ2) is 7.10. The molecule has 7 heteroatoms. The summed E-state index contributed by atoms with van der Waals surface area (Å²) in [5.41, 5.74) is 0.548. The summed E-state index contributed by atoms with van der Waals surface area (Å²) in [6.07, 6.45) is 0. The minimum atomic E-state index is -3.72. The Hall–Kier alpha value is -1.92. The Bertz CT molecular complexity index is 775. The molecule has 0 saturated heterocycles. The predicted octanol–water partition coefficient (Wildman–Crippen LogP) is 3.57. The first-order valence-electron chi connectivity index (χ1n) is 6.94. The van der Waals surface area contributed by atoms with Gasteiger partial charge in [-0.25, -0.2) is 8.42 Å². The molecule has 0 radical (unpaired) electrons. The molecule has 0 unspecified atom stereocenters. The zero-order valence-corrected chi connectivity index (χ0v) is 14.7. The zero-order valence-electron chi connectivity index (χ0n) is 13.1. The Morgan fingerprint density at radius 1 is 1.00 bits per heavy atom. The third kappa shape index (κ3) is 3.54. The molecule has 2 aromatic rings. The van der Waals surface area contributed by atoms with Crippen LogP contribution in [-0.2, 0) is 10.0 Å². The van der Waals surface area contributed by atoms with Gasteiger partial charge < -0.3 is 9.47 Å². The highest BCUT2D eigenvalue weighted by Gasteiger charge is 2.25. The summed E-state index contributed by atoms with van der Waals surface area (Å²) < 4.78 is 37.5. The van der Waals surface area contributed by atoms with Crippen LogP contribution >= 0.6 is 11.6 Å². The lowest BCUT2D eigenvalue weighted by molar-refractivity contribution is 0.354. The first-order valence-corrected chi connectivity index (χ1v) is 8.76. The largest absolute Gasteiger partial charge is 0.493 e. The van der Waals surface area contributed by atoms with Gasteiger partial charge in [-0.1, -0.05) is 11.6 Å². The average molecular weight is 356 g/mol. The zero-order chi connectivity index (χ0) is 17.0. The van der Waals surface area contributed by atoms with Gasteiger partial charge in [0.25, 0.3) is 10.0 Å². The van der Waals surface area contributed by atoms with Crippen LogP contribution in [0.4, 0.5) is 5.69 Å². The van der Waals surface area contributed by atoms with Gasteiger partial charge in [0.2, 0.25) is 0 Å². The number of anilines is 1. The number of methoxy groups -OCH3 is 2. The Morgan fingerprint density at radius 3 is 2.13 bits per heavy atom. The van der Waals surface area contributed by atoms with Crippen molar-refractivity contribution in [2.24, 2.45) is 0 Å². The number of ether oxygens (including phenoxy) is 2. The van der Waals surface area contributed by atoms with E-state index in [-0.39, 0.29) is 11.4 Å². The molecule has 2 rings (SSSR count). The van der Waals surface area contributed by atoms with Gasteiger partial charge >= 0.3 is 0 Å². The molecule has 0 aromatic heterocycles. The van der Waals surface area contributed by atoms with Gasteiger partial charge in [-0.15, -0.1) is 0 Å². The van der Waals surface area contributed by atoms with E-state index < -0.39 is 10.0 Å². The topological polar surface area (TPSA) is 55.8 Å². The molecule has 124 valence electrons. The number of hydrogen-bond donors (Lipinski definition) is 0. The third-order valence-electron chi connectivity index (χ3n) is 3.34. The van der Waals surface area contributed by atoms with E-state index in [1.165, 1.54) is 30.7 Å². The molecule has 0 fully saturated rings. The highest BCUT2D eigenvalue weighted by Crippen LogP contribution is 2.32. The summed E-state index contributed by atoms with van der Waals surface area (Å²) >= 11 is 5.87. The fourth-order valence-electron chi connectivity index (χ4n) is 2.20. The highest BCUT2D eigenvalue weighted by atomic mass is 35.5. The lowest BCUT2D eigenvalue weighted by Gasteiger charge is -2.23. The van der Waals surface area contributed by atoms with E-state index in [4.69, 9.17) is 21.1 Å². The van der Waals surface area contributed by atoms with Gasteiger partial charge in [0.05, 0.1) is 24.8 Å². The molecular weight excluding hydrogens is 338 g/mol. The van der Waals surface area contributed by atoms with Crippen molar-refractivity contribution in [2.45, 2.75) is 11.8 Å². The molecule has 0 heterocycles. The predicted molar refractivity (Wildman–Crippen MR) is 91.2 cm³/mol. The van der Waals surface area contributed by atoms with E-state index in [0.29, 0.717) is 22.2 Å². The van der Waals surface area contributed by atoms with Crippen LogP contribution < -0.4 is 13.8 Å². The molecule has 0 spiro atoms. The number of hydrogen-bond acceptors (Lipinski definition) is 4. The van der Waals surface area contributed by atoms with Crippen molar-refractivity contribution in [3.8, 4) is 11.5 Å². The summed E-state index contributed by atoms with van der Waals surface area (Å²) in [6.45, 7) is 2.06. The number of benzene rings is 2. The minimum Gasteiger partial charge on any atom is -0.493 e. The Kier molecular flexibility index (Phi) is 5.38. The van der Waals surface area contributed by atoms with Crippen molar-refractivity contribution >= 4 is 27.3 Å². The monoisotopic (exact) mass is 355 g/mol. The molecular formula is C16H18ClNO4S. The van der Waals surface area contributed by atoms with E-state index in [1.54, 1.807) is 37.3 Å². The summed E-state index contributed by atoms with van der Waals surface area (Å²) in [7, 11) is -0.758. The molecule has 0 aliphatic heterocycles. The number of nitrogens with zero attached hydrogens (tertiary/aromatic N) is 1. The maximum Gasteiger partial charge on any atom is 0.264 e. The van der Waals surface area contributed by atoms with Crippen LogP contribution in [0.2, 0.25) is 5.02 Å². The number of halogens is 1. The van der Waals surface area contributed by atoms with Crippen molar-refractivity contribution in [1.82, 2.24) is 0 Å². The van der Waals surface area contributed by atoms with Gasteiger partial charge in [-0.3, -0.25) is 4.31 Å². The van der Waals surface area contributed by atoms with E-state index >= 15 is 0 Å². The number of rotatable bonds is 6. The van der Waals surface area contributed by atoms with E-state index in [1.807, 2.05) is 0 Å². The quantitative estimate of drug-likeness (QED) is 0.794. The molecule has 0 aliphatic rings. The summed E-state index contributed by atoms with van der Waals surface area (Å²) in [5, 5.41) is 0.549. The number of sulfonamides is 1. The van der Waals surface area contributed by atoms with Gasteiger partial charge in [-0.2, -0.15) is 0 Å². The molecule has 2 aromatic carbocycles. The van der Waals surface area contributed by atoms with Crippen molar-refractivity contribution < 1.29 is 17.9 Å². The van der Waals surface area contributed by atoms with Crippen LogP contribution in [-0.4, -0.2) is 29.2 Å². The first kappa shape index (κ1) is 17.4. The van der Waals surface area contributed by atoms with Gasteiger partial charge in [0, 0.05) is 17.6 Å². The summed E-state index contributed by atoms with van der Waals surface area (Å²) in [5.74, 6) is 0.835. The third-order valence-corrected chi connectivity index (χ3v) is 5.50. The highest BCUT2D eigenvalue weighted by molar-refractivity contribution is 7.92. The van der Waals surface area contributed by atoms with Crippen LogP contribution in [0, 0.1) is 0 Å². The molecule has 0 amide bonds. The van der Waals surface area contributed by atoms with Crippen molar-refractivity contribution in [3.05, 3.63) is 47.5 Å². The Balaban J connectivity index is 2.48. The molecule has 23 heavy (non-hydrogen) atoms. The van der Waals surface area contributed by atoms with Crippen LogP contribution in [0.25, 0.3) is 0 Å². The minimum absolute atomic E-state index is 0.131. The smallest absolute Gasteiger partial charge is 0.264 e. The lowest BCUT2D eigenvalue weighted by Crippen LogP contribution is -2.30. The Labute approximate surface area is 141 Å². The second-order valence-corrected chi connectivity index (χ2v) is 6.96. The fourth-order valence-corrected chi connectivity index (χ4v) is 3.82. The summed E-state index contributed by atoms with van der Waals surface area (Å²) in [6, 6.07) is 11.2. The van der Waals surface area contributed by atoms with E-state index in [9.17, 15) is 8.42 Å². The molecule has 0 atom stereocenters. The fraction of sp³-hybridized carbons (Fsp3) is 0.250. The maximum atomic E-state index is 12.9. The van der Waals surface area contributed by atoms with E-state index in [2.05, 4.69) is 0 Å². The molecule has 0 bridgehead atoms. The first-order chi connectivity index (χ1) is 10.9. The van der Waals surface area contributed by atoms with Gasteiger partial charge in [0.1, 0.15) is 0 Å². The normalized spacial score (nSPS) is 11.1. The standard InChI is InChI=1S/C16H18ClNO4S/c1-4-18(13-7-5-12(17)6-8-13)23(19,20)14-9-10-15(21-2)16(11-14)22-3/h5-11H,4H2,1-3H3. The van der Waals surface area contributed by atoms with Crippen molar-refractivity contribution in [3.63, 3.8) is 0 Å². The molecule has 0 N–H and O–H groups in total. The SMILES string of the molecule is CCN(c1ccc(Cl)cc1)S(=O)(=O)c1ccc(OC)c(OC)c1. The van der Waals surface area contributed by atoms with Crippen LogP contribution in [0.3, 0.4) is 0 Å². The molecule has 5 nitrogen and oxygen atoms in total. The Morgan fingerprint density at radius 2 is 1.61 bits per heavy atom. The average Bonchev–Trinajstić information content (AvgIpc) is 2.56. The van der Waals surface area contributed by atoms with Crippen LogP contribution in [0.1, 0.15) is 6.92 Å². The van der Waals surface area contributed by atoms with Crippen molar-refractivity contribution in [2.75, 3.05) is 25.1 Å². The van der Waals surface area contributed by atoms with Gasteiger partial charge in [-0.05, 0) is 43.3 Å². The van der Waals surface area contributed by atoms with Crippen LogP contribution in [0.15, 0.2) is 47.4 Å². The lowest BCUT2D eigenvalue weighted by atomic mass is 10.3.